The van der Waals surface area contributed by atoms with Crippen LogP contribution in [0.15, 0.2) is 30.6 Å². The zero-order valence-corrected chi connectivity index (χ0v) is 14.3. The summed E-state index contributed by atoms with van der Waals surface area (Å²) in [5.41, 5.74) is 2.48. The fourth-order valence-electron chi connectivity index (χ4n) is 2.88. The first-order chi connectivity index (χ1) is 12.0. The highest BCUT2D eigenvalue weighted by atomic mass is 32.1. The van der Waals surface area contributed by atoms with E-state index >= 15 is 0 Å². The third-order valence-corrected chi connectivity index (χ3v) is 5.14. The number of aromatic carboxylic acids is 1. The Morgan fingerprint density at radius 1 is 1.28 bits per heavy atom. The quantitative estimate of drug-likeness (QED) is 0.735. The van der Waals surface area contributed by atoms with Crippen LogP contribution in [-0.4, -0.2) is 27.1 Å². The first kappa shape index (κ1) is 15.5. The second kappa shape index (κ2) is 5.52. The molecule has 3 aromatic rings. The van der Waals surface area contributed by atoms with Gasteiger partial charge in [-0.15, -0.1) is 11.3 Å². The van der Waals surface area contributed by atoms with Crippen molar-refractivity contribution in [2.24, 2.45) is 0 Å². The fourth-order valence-corrected chi connectivity index (χ4v) is 3.84. The number of rotatable bonds is 3. The molecule has 0 aromatic carbocycles. The first-order valence-corrected chi connectivity index (χ1v) is 8.51. The van der Waals surface area contributed by atoms with Gasteiger partial charge < -0.3 is 10.4 Å². The number of thiophene rings is 1. The number of pyridine rings is 2. The minimum Gasteiger partial charge on any atom is -0.477 e. The van der Waals surface area contributed by atoms with Crippen molar-refractivity contribution in [2.45, 2.75) is 19.8 Å². The molecule has 1 aliphatic heterocycles. The van der Waals surface area contributed by atoms with Crippen LogP contribution in [0.4, 0.5) is 21.9 Å². The molecule has 0 saturated heterocycles. The van der Waals surface area contributed by atoms with Crippen LogP contribution in [0.1, 0.15) is 35.1 Å². The summed E-state index contributed by atoms with van der Waals surface area (Å²) < 4.78 is 0. The van der Waals surface area contributed by atoms with Gasteiger partial charge in [0.2, 0.25) is 0 Å². The standard InChI is InChI=1S/C17H14N4O3S/c1-8(2)10-7-9(3-5-18-10)21-11-4-6-19-15-12(11)13(20-17(21)24)14(25-15)16(22)23/h3-8H,1-2H3,(H,20,24)(H,22,23). The van der Waals surface area contributed by atoms with Gasteiger partial charge in [-0.1, -0.05) is 13.8 Å². The van der Waals surface area contributed by atoms with E-state index in [-0.39, 0.29) is 10.8 Å². The van der Waals surface area contributed by atoms with Crippen LogP contribution >= 0.6 is 11.3 Å². The maximum absolute atomic E-state index is 12.7. The van der Waals surface area contributed by atoms with E-state index in [2.05, 4.69) is 15.3 Å². The number of anilines is 3. The number of carboxylic acid groups (broad SMARTS) is 1. The van der Waals surface area contributed by atoms with Gasteiger partial charge in [0.05, 0.1) is 22.4 Å². The Morgan fingerprint density at radius 2 is 2.04 bits per heavy atom. The number of carbonyl (C=O) groups excluding carboxylic acids is 1. The number of hydrogen-bond acceptors (Lipinski definition) is 5. The summed E-state index contributed by atoms with van der Waals surface area (Å²) in [6.07, 6.45) is 3.25. The van der Waals surface area contributed by atoms with Crippen molar-refractivity contribution in [1.29, 1.82) is 0 Å². The summed E-state index contributed by atoms with van der Waals surface area (Å²) in [6, 6.07) is 4.94. The normalized spacial score (nSPS) is 13.4. The zero-order chi connectivity index (χ0) is 17.7. The van der Waals surface area contributed by atoms with Crippen molar-refractivity contribution in [3.8, 4) is 0 Å². The Balaban J connectivity index is 1.95. The highest BCUT2D eigenvalue weighted by Crippen LogP contribution is 2.45. The molecule has 3 aromatic heterocycles. The Morgan fingerprint density at radius 3 is 2.76 bits per heavy atom. The molecule has 0 fully saturated rings. The molecule has 4 heterocycles. The topological polar surface area (TPSA) is 95.4 Å². The van der Waals surface area contributed by atoms with Gasteiger partial charge in [0.15, 0.2) is 0 Å². The van der Waals surface area contributed by atoms with E-state index in [0.29, 0.717) is 27.3 Å². The average Bonchev–Trinajstić information content (AvgIpc) is 2.95. The smallest absolute Gasteiger partial charge is 0.348 e. The van der Waals surface area contributed by atoms with Gasteiger partial charge in [-0.25, -0.2) is 14.6 Å². The molecule has 0 unspecified atom stereocenters. The molecule has 0 atom stereocenters. The maximum atomic E-state index is 12.7. The third kappa shape index (κ3) is 2.33. The molecule has 0 bridgehead atoms. The number of nitrogens with one attached hydrogen (secondary N) is 1. The SMILES string of the molecule is CC(C)c1cc(N2C(=O)Nc3c(C(=O)O)sc4nccc2c34)ccn1. The Hall–Kier alpha value is -3.00. The van der Waals surface area contributed by atoms with Crippen molar-refractivity contribution < 1.29 is 14.7 Å². The number of urea groups is 1. The lowest BCUT2D eigenvalue weighted by Gasteiger charge is -2.28. The predicted molar refractivity (Wildman–Crippen MR) is 96.1 cm³/mol. The molecule has 25 heavy (non-hydrogen) atoms. The third-order valence-electron chi connectivity index (χ3n) is 4.05. The summed E-state index contributed by atoms with van der Waals surface area (Å²) in [4.78, 5) is 35.0. The molecule has 2 N–H and O–H groups in total. The lowest BCUT2D eigenvalue weighted by molar-refractivity contribution is 0.0703. The molecule has 126 valence electrons. The molecule has 0 aliphatic carbocycles. The Labute approximate surface area is 146 Å². The van der Waals surface area contributed by atoms with Gasteiger partial charge in [-0.2, -0.15) is 0 Å². The second-order valence-corrected chi connectivity index (χ2v) is 6.98. The highest BCUT2D eigenvalue weighted by molar-refractivity contribution is 7.21. The van der Waals surface area contributed by atoms with E-state index in [1.807, 2.05) is 19.9 Å². The van der Waals surface area contributed by atoms with Gasteiger partial charge in [0.25, 0.3) is 0 Å². The van der Waals surface area contributed by atoms with E-state index in [9.17, 15) is 14.7 Å². The van der Waals surface area contributed by atoms with E-state index in [4.69, 9.17) is 0 Å². The predicted octanol–water partition coefficient (Wildman–Crippen LogP) is 4.20. The van der Waals surface area contributed by atoms with Crippen LogP contribution < -0.4 is 10.2 Å². The van der Waals surface area contributed by atoms with Crippen molar-refractivity contribution in [3.05, 3.63) is 41.2 Å². The fraction of sp³-hybridized carbons (Fsp3) is 0.176. The van der Waals surface area contributed by atoms with Gasteiger partial charge in [-0.05, 0) is 24.1 Å². The van der Waals surface area contributed by atoms with E-state index < -0.39 is 12.0 Å². The number of carboxylic acids is 1. The molecule has 7 nitrogen and oxygen atoms in total. The van der Waals surface area contributed by atoms with Gasteiger partial charge in [-0.3, -0.25) is 9.88 Å². The monoisotopic (exact) mass is 354 g/mol. The summed E-state index contributed by atoms with van der Waals surface area (Å²) in [6.45, 7) is 4.06. The van der Waals surface area contributed by atoms with E-state index in [0.717, 1.165) is 17.0 Å². The number of aromatic nitrogens is 2. The maximum Gasteiger partial charge on any atom is 0.348 e. The number of amides is 2. The van der Waals surface area contributed by atoms with Crippen molar-refractivity contribution in [3.63, 3.8) is 0 Å². The molecule has 0 saturated carbocycles. The summed E-state index contributed by atoms with van der Waals surface area (Å²) in [5.74, 6) is -0.857. The van der Waals surface area contributed by atoms with Crippen LogP contribution in [0.2, 0.25) is 0 Å². The lowest BCUT2D eigenvalue weighted by Crippen LogP contribution is -2.34. The zero-order valence-electron chi connectivity index (χ0n) is 13.5. The van der Waals surface area contributed by atoms with Crippen molar-refractivity contribution in [2.75, 3.05) is 10.2 Å². The molecule has 1 aliphatic rings. The van der Waals surface area contributed by atoms with Crippen LogP contribution in [0.3, 0.4) is 0 Å². The van der Waals surface area contributed by atoms with Gasteiger partial charge >= 0.3 is 12.0 Å². The van der Waals surface area contributed by atoms with Crippen molar-refractivity contribution in [1.82, 2.24) is 9.97 Å². The molecule has 8 heteroatoms. The minimum atomic E-state index is -1.08. The Kier molecular flexibility index (Phi) is 3.43. The second-order valence-electron chi connectivity index (χ2n) is 5.98. The van der Waals surface area contributed by atoms with E-state index in [1.165, 1.54) is 4.90 Å². The van der Waals surface area contributed by atoms with Crippen molar-refractivity contribution >= 4 is 50.6 Å². The Bertz CT molecular complexity index is 1030. The lowest BCUT2D eigenvalue weighted by atomic mass is 10.1. The summed E-state index contributed by atoms with van der Waals surface area (Å²) in [7, 11) is 0. The number of nitrogens with zero attached hydrogens (tertiary/aromatic N) is 3. The van der Waals surface area contributed by atoms with Crippen LogP contribution in [0.25, 0.3) is 10.2 Å². The molecular weight excluding hydrogens is 340 g/mol. The summed E-state index contributed by atoms with van der Waals surface area (Å²) >= 11 is 1.05. The largest absolute Gasteiger partial charge is 0.477 e. The van der Waals surface area contributed by atoms with Crippen LogP contribution in [0, 0.1) is 0 Å². The highest BCUT2D eigenvalue weighted by Gasteiger charge is 2.32. The molecule has 0 spiro atoms. The molecule has 4 rings (SSSR count). The number of carbonyl (C=O) groups is 2. The van der Waals surface area contributed by atoms with E-state index in [1.54, 1.807) is 24.5 Å². The van der Waals surface area contributed by atoms with Gasteiger partial charge in [0, 0.05) is 18.1 Å². The first-order valence-electron chi connectivity index (χ1n) is 7.69. The van der Waals surface area contributed by atoms with Gasteiger partial charge in [0.1, 0.15) is 9.71 Å². The molecular formula is C17H14N4O3S. The average molecular weight is 354 g/mol. The minimum absolute atomic E-state index is 0.0838. The molecule has 2 amide bonds. The van der Waals surface area contributed by atoms with Crippen LogP contribution in [-0.2, 0) is 0 Å². The van der Waals surface area contributed by atoms with Crippen LogP contribution in [0.5, 0.6) is 0 Å². The molecule has 0 radical (unpaired) electrons. The summed E-state index contributed by atoms with van der Waals surface area (Å²) in [5, 5.41) is 12.7. The number of hydrogen-bond donors (Lipinski definition) is 2.